The molecular weight excluding hydrogens is 336 g/mol. The average molecular weight is 356 g/mol. The molecule has 0 bridgehead atoms. The van der Waals surface area contributed by atoms with Crippen molar-refractivity contribution in [3.8, 4) is 11.9 Å². The van der Waals surface area contributed by atoms with Gasteiger partial charge in [0.05, 0.1) is 6.61 Å². The van der Waals surface area contributed by atoms with E-state index in [0.29, 0.717) is 30.0 Å². The van der Waals surface area contributed by atoms with Gasteiger partial charge in [-0.15, -0.1) is 0 Å². The van der Waals surface area contributed by atoms with Crippen molar-refractivity contribution < 1.29 is 4.74 Å². The number of aromatic nitrogens is 4. The van der Waals surface area contributed by atoms with Gasteiger partial charge in [0.15, 0.2) is 5.16 Å². The van der Waals surface area contributed by atoms with Crippen LogP contribution in [0.15, 0.2) is 23.6 Å². The summed E-state index contributed by atoms with van der Waals surface area (Å²) in [5, 5.41) is 9.68. The first-order valence-corrected chi connectivity index (χ1v) is 9.40. The predicted molar refractivity (Wildman–Crippen MR) is 95.7 cm³/mol. The maximum atomic E-state index is 8.95. The molecule has 0 radical (unpaired) electrons. The predicted octanol–water partition coefficient (Wildman–Crippen LogP) is 2.46. The van der Waals surface area contributed by atoms with Crippen molar-refractivity contribution >= 4 is 17.7 Å². The number of rotatable bonds is 5. The van der Waals surface area contributed by atoms with Crippen LogP contribution in [0.5, 0.6) is 5.88 Å². The van der Waals surface area contributed by atoms with E-state index < -0.39 is 0 Å². The molecule has 0 unspecified atom stereocenters. The zero-order chi connectivity index (χ0) is 17.6. The minimum absolute atomic E-state index is 0.402. The molecule has 1 aliphatic heterocycles. The highest BCUT2D eigenvalue weighted by Gasteiger charge is 2.22. The molecule has 1 aliphatic rings. The van der Waals surface area contributed by atoms with E-state index in [1.165, 1.54) is 11.8 Å². The molecule has 0 saturated carbocycles. The molecule has 130 valence electrons. The Hall–Kier alpha value is -2.40. The Balaban J connectivity index is 1.54. The Morgan fingerprint density at radius 3 is 2.84 bits per heavy atom. The van der Waals surface area contributed by atoms with Crippen molar-refractivity contribution in [3.05, 3.63) is 29.7 Å². The fourth-order valence-corrected chi connectivity index (χ4v) is 3.05. The van der Waals surface area contributed by atoms with Crippen molar-refractivity contribution in [3.63, 3.8) is 0 Å². The van der Waals surface area contributed by atoms with E-state index in [4.69, 9.17) is 10.00 Å². The van der Waals surface area contributed by atoms with Crippen LogP contribution in [0.4, 0.5) is 5.95 Å². The van der Waals surface area contributed by atoms with E-state index >= 15 is 0 Å². The Labute approximate surface area is 151 Å². The molecule has 2 aromatic heterocycles. The van der Waals surface area contributed by atoms with Crippen LogP contribution in [0, 0.1) is 24.2 Å². The van der Waals surface area contributed by atoms with Gasteiger partial charge in [0, 0.05) is 31.0 Å². The smallest absolute Gasteiger partial charge is 0.226 e. The number of hydrogen-bond acceptors (Lipinski definition) is 8. The molecule has 3 rings (SSSR count). The zero-order valence-corrected chi connectivity index (χ0v) is 15.2. The van der Waals surface area contributed by atoms with Gasteiger partial charge in [-0.05, 0) is 38.0 Å². The zero-order valence-electron chi connectivity index (χ0n) is 14.3. The quantitative estimate of drug-likeness (QED) is 0.596. The summed E-state index contributed by atoms with van der Waals surface area (Å²) in [5.74, 6) is 1.78. The van der Waals surface area contributed by atoms with Crippen LogP contribution < -0.4 is 9.64 Å². The van der Waals surface area contributed by atoms with Gasteiger partial charge in [0.1, 0.15) is 11.8 Å². The fraction of sp³-hybridized carbons (Fsp3) is 0.471. The molecule has 0 N–H and O–H groups in total. The Bertz CT molecular complexity index is 770. The lowest BCUT2D eigenvalue weighted by atomic mass is 9.98. The van der Waals surface area contributed by atoms with Crippen LogP contribution in [0.3, 0.4) is 0 Å². The molecule has 0 aromatic carbocycles. The molecule has 3 heterocycles. The normalized spacial score (nSPS) is 15.0. The lowest BCUT2D eigenvalue weighted by molar-refractivity contribution is 0.213. The molecule has 8 heteroatoms. The first-order chi connectivity index (χ1) is 12.2. The van der Waals surface area contributed by atoms with Crippen LogP contribution in [-0.2, 0) is 0 Å². The first-order valence-electron chi connectivity index (χ1n) is 8.18. The molecule has 1 saturated heterocycles. The second-order valence-electron chi connectivity index (χ2n) is 5.94. The lowest BCUT2D eigenvalue weighted by Crippen LogP contribution is -2.36. The first kappa shape index (κ1) is 17.4. The third-order valence-electron chi connectivity index (χ3n) is 4.20. The van der Waals surface area contributed by atoms with E-state index in [1.54, 1.807) is 18.5 Å². The number of hydrogen-bond donors (Lipinski definition) is 0. The highest BCUT2D eigenvalue weighted by molar-refractivity contribution is 7.98. The summed E-state index contributed by atoms with van der Waals surface area (Å²) in [6, 6.07) is 3.68. The summed E-state index contributed by atoms with van der Waals surface area (Å²) in [7, 11) is 0. The number of anilines is 1. The standard InChI is InChI=1S/C17H20N6OS/c1-12-10-20-17(25-2)22-15(12)24-11-13-4-7-23(8-5-13)16-19-6-3-14(9-18)21-16/h3,6,10,13H,4-5,7-8,11H2,1-2H3. The molecule has 7 nitrogen and oxygen atoms in total. The van der Waals surface area contributed by atoms with E-state index in [1.807, 2.05) is 13.2 Å². The van der Waals surface area contributed by atoms with E-state index in [9.17, 15) is 0 Å². The lowest BCUT2D eigenvalue weighted by Gasteiger charge is -2.31. The number of aryl methyl sites for hydroxylation is 1. The molecule has 0 spiro atoms. The van der Waals surface area contributed by atoms with Crippen LogP contribution in [0.2, 0.25) is 0 Å². The minimum atomic E-state index is 0.402. The summed E-state index contributed by atoms with van der Waals surface area (Å²) in [4.78, 5) is 19.3. The molecule has 2 aromatic rings. The molecule has 1 fully saturated rings. The monoisotopic (exact) mass is 356 g/mol. The molecular formula is C17H20N6OS. The van der Waals surface area contributed by atoms with Crippen LogP contribution in [0.1, 0.15) is 24.1 Å². The van der Waals surface area contributed by atoms with Crippen LogP contribution in [-0.4, -0.2) is 45.9 Å². The number of nitriles is 1. The third-order valence-corrected chi connectivity index (χ3v) is 4.76. The largest absolute Gasteiger partial charge is 0.477 e. The molecule has 25 heavy (non-hydrogen) atoms. The summed E-state index contributed by atoms with van der Waals surface area (Å²) < 4.78 is 5.94. The third kappa shape index (κ3) is 4.37. The van der Waals surface area contributed by atoms with Gasteiger partial charge in [-0.3, -0.25) is 0 Å². The minimum Gasteiger partial charge on any atom is -0.477 e. The van der Waals surface area contributed by atoms with Gasteiger partial charge >= 0.3 is 0 Å². The van der Waals surface area contributed by atoms with Gasteiger partial charge in [-0.25, -0.2) is 15.0 Å². The maximum absolute atomic E-state index is 8.95. The second-order valence-corrected chi connectivity index (χ2v) is 6.71. The number of nitrogens with zero attached hydrogens (tertiary/aromatic N) is 6. The summed E-state index contributed by atoms with van der Waals surface area (Å²) in [5.41, 5.74) is 1.36. The SMILES string of the molecule is CSc1ncc(C)c(OCC2CCN(c3nccc(C#N)n3)CC2)n1. The topological polar surface area (TPSA) is 87.8 Å². The van der Waals surface area contributed by atoms with Gasteiger partial charge in [-0.2, -0.15) is 10.2 Å². The average Bonchev–Trinajstić information content (AvgIpc) is 2.68. The van der Waals surface area contributed by atoms with Crippen molar-refractivity contribution in [1.82, 2.24) is 19.9 Å². The van der Waals surface area contributed by atoms with Crippen molar-refractivity contribution in [2.75, 3.05) is 30.9 Å². The van der Waals surface area contributed by atoms with Gasteiger partial charge in [-0.1, -0.05) is 11.8 Å². The number of piperidine rings is 1. The number of ether oxygens (including phenoxy) is 1. The van der Waals surface area contributed by atoms with E-state index in [-0.39, 0.29) is 0 Å². The molecule has 0 aliphatic carbocycles. The van der Waals surface area contributed by atoms with Crippen molar-refractivity contribution in [1.29, 1.82) is 5.26 Å². The van der Waals surface area contributed by atoms with Gasteiger partial charge in [0.25, 0.3) is 0 Å². The Kier molecular flexibility index (Phi) is 5.66. The van der Waals surface area contributed by atoms with Crippen molar-refractivity contribution in [2.45, 2.75) is 24.9 Å². The summed E-state index contributed by atoms with van der Waals surface area (Å²) in [6.07, 6.45) is 7.39. The summed E-state index contributed by atoms with van der Waals surface area (Å²) in [6.45, 7) is 4.34. The van der Waals surface area contributed by atoms with Gasteiger partial charge in [0.2, 0.25) is 11.8 Å². The molecule has 0 amide bonds. The Morgan fingerprint density at radius 1 is 1.32 bits per heavy atom. The highest BCUT2D eigenvalue weighted by atomic mass is 32.2. The molecule has 0 atom stereocenters. The second kappa shape index (κ2) is 8.12. The van der Waals surface area contributed by atoms with E-state index in [0.717, 1.165) is 36.7 Å². The highest BCUT2D eigenvalue weighted by Crippen LogP contribution is 2.23. The van der Waals surface area contributed by atoms with Crippen LogP contribution in [0.25, 0.3) is 0 Å². The Morgan fingerprint density at radius 2 is 2.12 bits per heavy atom. The maximum Gasteiger partial charge on any atom is 0.226 e. The number of thioether (sulfide) groups is 1. The van der Waals surface area contributed by atoms with E-state index in [2.05, 4.69) is 30.9 Å². The van der Waals surface area contributed by atoms with Gasteiger partial charge < -0.3 is 9.64 Å². The summed E-state index contributed by atoms with van der Waals surface area (Å²) >= 11 is 1.51. The fourth-order valence-electron chi connectivity index (χ4n) is 2.72. The van der Waals surface area contributed by atoms with Crippen molar-refractivity contribution in [2.24, 2.45) is 5.92 Å². The van der Waals surface area contributed by atoms with Crippen LogP contribution >= 0.6 is 11.8 Å².